The Morgan fingerprint density at radius 3 is 2.65 bits per heavy atom. The first-order chi connectivity index (χ1) is 9.22. The van der Waals surface area contributed by atoms with Crippen molar-refractivity contribution in [3.8, 4) is 0 Å². The Morgan fingerprint density at radius 2 is 2.10 bits per heavy atom. The lowest BCUT2D eigenvalue weighted by Gasteiger charge is -2.14. The minimum atomic E-state index is -4.13. The summed E-state index contributed by atoms with van der Waals surface area (Å²) in [5.74, 6) is -1.18. The number of anilines is 1. The molecule has 0 aliphatic carbocycles. The van der Waals surface area contributed by atoms with E-state index in [1.54, 1.807) is 7.05 Å². The van der Waals surface area contributed by atoms with Crippen LogP contribution in [0.5, 0.6) is 0 Å². The maximum absolute atomic E-state index is 14.0. The highest BCUT2D eigenvalue weighted by atomic mass is 32.2. The summed E-state index contributed by atoms with van der Waals surface area (Å²) in [6, 6.07) is 1.54. The number of nitrogens with one attached hydrogen (secondary N) is 1. The molecule has 1 unspecified atom stereocenters. The predicted octanol–water partition coefficient (Wildman–Crippen LogP) is 0.225. The average molecular weight is 301 g/mol. The summed E-state index contributed by atoms with van der Waals surface area (Å²) in [4.78, 5) is 12.6. The molecule has 0 spiro atoms. The molecule has 0 bridgehead atoms. The fourth-order valence-corrected chi connectivity index (χ4v) is 3.55. The van der Waals surface area contributed by atoms with Crippen molar-refractivity contribution in [1.82, 2.24) is 9.62 Å². The van der Waals surface area contributed by atoms with E-state index >= 15 is 0 Å². The van der Waals surface area contributed by atoms with Crippen molar-refractivity contribution in [3.05, 3.63) is 23.5 Å². The van der Waals surface area contributed by atoms with Crippen molar-refractivity contribution in [3.63, 3.8) is 0 Å². The maximum atomic E-state index is 14.0. The first-order valence-corrected chi connectivity index (χ1v) is 7.53. The molecule has 20 heavy (non-hydrogen) atoms. The Labute approximate surface area is 116 Å². The summed E-state index contributed by atoms with van der Waals surface area (Å²) in [6.45, 7) is 1.89. The second-order valence-electron chi connectivity index (χ2n) is 4.87. The average Bonchev–Trinajstić information content (AvgIpc) is 2.65. The first kappa shape index (κ1) is 14.7. The van der Waals surface area contributed by atoms with Gasteiger partial charge in [-0.05, 0) is 31.0 Å². The van der Waals surface area contributed by atoms with Crippen LogP contribution in [0.15, 0.2) is 17.0 Å². The van der Waals surface area contributed by atoms with Crippen LogP contribution in [-0.4, -0.2) is 38.9 Å². The van der Waals surface area contributed by atoms with Gasteiger partial charge >= 0.3 is 0 Å². The predicted molar refractivity (Wildman–Crippen MR) is 71.9 cm³/mol. The van der Waals surface area contributed by atoms with Gasteiger partial charge in [-0.2, -0.15) is 4.72 Å². The number of carbonyl (C=O) groups excluding carboxylic acids is 1. The molecule has 1 amide bonds. The van der Waals surface area contributed by atoms with Gasteiger partial charge in [-0.25, -0.2) is 12.8 Å². The molecular weight excluding hydrogens is 285 g/mol. The van der Waals surface area contributed by atoms with E-state index < -0.39 is 26.8 Å². The third-order valence-electron chi connectivity index (χ3n) is 3.26. The number of nitrogens with zero attached hydrogens (tertiary/aromatic N) is 1. The van der Waals surface area contributed by atoms with Gasteiger partial charge in [0.05, 0.1) is 0 Å². The molecule has 0 radical (unpaired) electrons. The van der Waals surface area contributed by atoms with Crippen LogP contribution < -0.4 is 10.5 Å². The molecule has 1 aromatic carbocycles. The molecule has 1 heterocycles. The highest BCUT2D eigenvalue weighted by molar-refractivity contribution is 7.89. The molecule has 3 N–H and O–H groups in total. The van der Waals surface area contributed by atoms with Crippen LogP contribution in [-0.2, 0) is 14.8 Å². The van der Waals surface area contributed by atoms with Gasteiger partial charge in [0.2, 0.25) is 15.9 Å². The molecule has 1 aliphatic rings. The number of likely N-dealkylation sites (N-methyl/N-ethyl adjacent to an activating group) is 1. The van der Waals surface area contributed by atoms with Crippen LogP contribution in [0.25, 0.3) is 0 Å². The van der Waals surface area contributed by atoms with Gasteiger partial charge in [-0.3, -0.25) is 4.79 Å². The van der Waals surface area contributed by atoms with Crippen molar-refractivity contribution < 1.29 is 17.6 Å². The molecule has 1 fully saturated rings. The van der Waals surface area contributed by atoms with Crippen LogP contribution in [0.4, 0.5) is 10.1 Å². The van der Waals surface area contributed by atoms with Crippen LogP contribution in [0.1, 0.15) is 12.0 Å². The highest BCUT2D eigenvalue weighted by Crippen LogP contribution is 2.22. The summed E-state index contributed by atoms with van der Waals surface area (Å²) in [7, 11) is -2.54. The van der Waals surface area contributed by atoms with E-state index in [9.17, 15) is 17.6 Å². The fraction of sp³-hybridized carbons (Fsp3) is 0.417. The Balaban J connectivity index is 2.34. The van der Waals surface area contributed by atoms with E-state index in [1.807, 2.05) is 0 Å². The van der Waals surface area contributed by atoms with E-state index in [0.717, 1.165) is 6.07 Å². The monoisotopic (exact) mass is 301 g/mol. The number of rotatable bonds is 3. The van der Waals surface area contributed by atoms with E-state index in [4.69, 9.17) is 5.73 Å². The van der Waals surface area contributed by atoms with Gasteiger partial charge in [-0.15, -0.1) is 0 Å². The summed E-state index contributed by atoms with van der Waals surface area (Å²) >= 11 is 0. The fourth-order valence-electron chi connectivity index (χ4n) is 2.14. The lowest BCUT2D eigenvalue weighted by molar-refractivity contribution is -0.127. The number of nitrogens with two attached hydrogens (primary N) is 1. The molecule has 110 valence electrons. The normalized spacial score (nSPS) is 19.6. The second kappa shape index (κ2) is 5.02. The summed E-state index contributed by atoms with van der Waals surface area (Å²) in [5, 5.41) is 0. The molecule has 1 aliphatic heterocycles. The number of aryl methyl sites for hydroxylation is 1. The zero-order valence-electron chi connectivity index (χ0n) is 11.2. The van der Waals surface area contributed by atoms with E-state index in [1.165, 1.54) is 17.9 Å². The summed E-state index contributed by atoms with van der Waals surface area (Å²) < 4.78 is 40.6. The molecule has 0 saturated carbocycles. The van der Waals surface area contributed by atoms with Gasteiger partial charge in [0.25, 0.3) is 0 Å². The number of carbonyl (C=O) groups is 1. The zero-order chi connectivity index (χ0) is 15.1. The van der Waals surface area contributed by atoms with Gasteiger partial charge < -0.3 is 10.6 Å². The van der Waals surface area contributed by atoms with Crippen molar-refractivity contribution in [2.45, 2.75) is 24.3 Å². The smallest absolute Gasteiger partial charge is 0.244 e. The SMILES string of the molecule is Cc1cc(N)cc(S(=O)(=O)NC2CCN(C)C2=O)c1F. The van der Waals surface area contributed by atoms with Gasteiger partial charge in [0.15, 0.2) is 0 Å². The summed E-state index contributed by atoms with van der Waals surface area (Å²) in [6.07, 6.45) is 0.359. The number of amides is 1. The van der Waals surface area contributed by atoms with Crippen LogP contribution in [0.3, 0.4) is 0 Å². The molecule has 1 saturated heterocycles. The Hall–Kier alpha value is -1.67. The molecule has 8 heteroatoms. The van der Waals surface area contributed by atoms with E-state index in [-0.39, 0.29) is 17.2 Å². The quantitative estimate of drug-likeness (QED) is 0.781. The minimum Gasteiger partial charge on any atom is -0.399 e. The number of benzene rings is 1. The van der Waals surface area contributed by atoms with E-state index in [0.29, 0.717) is 13.0 Å². The topological polar surface area (TPSA) is 92.5 Å². The van der Waals surface area contributed by atoms with Gasteiger partial charge in [-0.1, -0.05) is 0 Å². The van der Waals surface area contributed by atoms with Crippen LogP contribution in [0, 0.1) is 12.7 Å². The number of halogens is 1. The number of nitrogen functional groups attached to an aromatic ring is 1. The van der Waals surface area contributed by atoms with Crippen LogP contribution >= 0.6 is 0 Å². The number of likely N-dealkylation sites (tertiary alicyclic amines) is 1. The van der Waals surface area contributed by atoms with Gasteiger partial charge in [0.1, 0.15) is 16.8 Å². The summed E-state index contributed by atoms with van der Waals surface area (Å²) in [5.41, 5.74) is 5.84. The minimum absolute atomic E-state index is 0.139. The van der Waals surface area contributed by atoms with Crippen molar-refractivity contribution in [2.24, 2.45) is 0 Å². The Bertz CT molecular complexity index is 660. The van der Waals surface area contributed by atoms with Crippen LogP contribution in [0.2, 0.25) is 0 Å². The third kappa shape index (κ3) is 2.61. The standard InChI is InChI=1S/C12H16FN3O3S/c1-7-5-8(14)6-10(11(7)13)20(18,19)15-9-3-4-16(2)12(9)17/h5-6,9,15H,3-4,14H2,1-2H3. The molecule has 6 nitrogen and oxygen atoms in total. The zero-order valence-corrected chi connectivity index (χ0v) is 12.0. The lowest BCUT2D eigenvalue weighted by atomic mass is 10.2. The van der Waals surface area contributed by atoms with Crippen molar-refractivity contribution in [2.75, 3.05) is 19.3 Å². The molecular formula is C12H16FN3O3S. The molecule has 1 aromatic rings. The number of sulfonamides is 1. The highest BCUT2D eigenvalue weighted by Gasteiger charge is 2.34. The number of hydrogen-bond donors (Lipinski definition) is 2. The van der Waals surface area contributed by atoms with E-state index in [2.05, 4.69) is 4.72 Å². The largest absolute Gasteiger partial charge is 0.399 e. The second-order valence-corrected chi connectivity index (χ2v) is 6.55. The lowest BCUT2D eigenvalue weighted by Crippen LogP contribution is -2.40. The Kier molecular flexibility index (Phi) is 3.70. The van der Waals surface area contributed by atoms with Crippen molar-refractivity contribution in [1.29, 1.82) is 0 Å². The third-order valence-corrected chi connectivity index (χ3v) is 4.73. The van der Waals surface area contributed by atoms with Gasteiger partial charge in [0, 0.05) is 19.3 Å². The van der Waals surface area contributed by atoms with Crippen molar-refractivity contribution >= 4 is 21.6 Å². The molecule has 2 rings (SSSR count). The molecule has 0 aromatic heterocycles. The number of hydrogen-bond acceptors (Lipinski definition) is 4. The maximum Gasteiger partial charge on any atom is 0.244 e. The Morgan fingerprint density at radius 1 is 1.45 bits per heavy atom. The molecule has 1 atom stereocenters. The first-order valence-electron chi connectivity index (χ1n) is 6.05.